The molecule has 1 aliphatic heterocycles. The fraction of sp³-hybridized carbons (Fsp3) is 0.500. The molecule has 1 fully saturated rings. The van der Waals surface area contributed by atoms with Crippen molar-refractivity contribution in [2.24, 2.45) is 0 Å². The number of carbonyl (C=O) groups is 1. The number of aromatic nitrogens is 2. The molecule has 5 nitrogen and oxygen atoms in total. The first-order chi connectivity index (χ1) is 7.84. The Morgan fingerprint density at radius 2 is 2.25 bits per heavy atom. The van der Waals surface area contributed by atoms with Gasteiger partial charge in [-0.25, -0.2) is 14.8 Å². The first-order valence-corrected chi connectivity index (χ1v) is 6.41. The molecule has 16 heavy (non-hydrogen) atoms. The third-order valence-corrected chi connectivity index (χ3v) is 3.43. The van der Waals surface area contributed by atoms with Gasteiger partial charge in [0.1, 0.15) is 12.1 Å². The van der Waals surface area contributed by atoms with Crippen LogP contribution < -0.4 is 10.6 Å². The number of carbonyl (C=O) groups excluding carboxylic acids is 1. The van der Waals surface area contributed by atoms with Crippen LogP contribution in [-0.2, 0) is 0 Å². The van der Waals surface area contributed by atoms with E-state index < -0.39 is 0 Å². The summed E-state index contributed by atoms with van der Waals surface area (Å²) in [5.41, 5.74) is 0. The van der Waals surface area contributed by atoms with Crippen LogP contribution in [0.4, 0.5) is 10.6 Å². The van der Waals surface area contributed by atoms with Crippen LogP contribution >= 0.6 is 11.8 Å². The Balaban J connectivity index is 1.80. The zero-order valence-electron chi connectivity index (χ0n) is 8.85. The molecule has 0 saturated carbocycles. The highest BCUT2D eigenvalue weighted by Gasteiger charge is 2.15. The predicted molar refractivity (Wildman–Crippen MR) is 64.5 cm³/mol. The van der Waals surface area contributed by atoms with Gasteiger partial charge in [0.05, 0.1) is 0 Å². The SMILES string of the molecule is O=C(Nc1ccncn1)NC1CCSCC1. The van der Waals surface area contributed by atoms with Gasteiger partial charge in [-0.1, -0.05) is 0 Å². The van der Waals surface area contributed by atoms with Gasteiger partial charge in [-0.05, 0) is 30.4 Å². The second-order valence-corrected chi connectivity index (χ2v) is 4.80. The van der Waals surface area contributed by atoms with Crippen LogP contribution in [0.2, 0.25) is 0 Å². The first-order valence-electron chi connectivity index (χ1n) is 5.26. The highest BCUT2D eigenvalue weighted by molar-refractivity contribution is 7.99. The Hall–Kier alpha value is -1.30. The fourth-order valence-electron chi connectivity index (χ4n) is 1.54. The van der Waals surface area contributed by atoms with Crippen molar-refractivity contribution in [2.75, 3.05) is 16.8 Å². The molecule has 2 rings (SSSR count). The van der Waals surface area contributed by atoms with Crippen LogP contribution in [0, 0.1) is 0 Å². The first kappa shape index (κ1) is 11.2. The number of nitrogens with zero attached hydrogens (tertiary/aromatic N) is 2. The van der Waals surface area contributed by atoms with E-state index in [0.717, 1.165) is 24.3 Å². The van der Waals surface area contributed by atoms with Gasteiger partial charge in [-0.15, -0.1) is 0 Å². The summed E-state index contributed by atoms with van der Waals surface area (Å²) in [5.74, 6) is 2.77. The number of urea groups is 1. The quantitative estimate of drug-likeness (QED) is 0.819. The summed E-state index contributed by atoms with van der Waals surface area (Å²) >= 11 is 1.94. The molecular weight excluding hydrogens is 224 g/mol. The maximum atomic E-state index is 11.6. The molecular formula is C10H14N4OS. The minimum absolute atomic E-state index is 0.185. The van der Waals surface area contributed by atoms with Gasteiger partial charge in [-0.3, -0.25) is 5.32 Å². The van der Waals surface area contributed by atoms with Gasteiger partial charge in [0.2, 0.25) is 0 Å². The average Bonchev–Trinajstić information content (AvgIpc) is 2.31. The van der Waals surface area contributed by atoms with E-state index in [1.54, 1.807) is 12.3 Å². The summed E-state index contributed by atoms with van der Waals surface area (Å²) in [7, 11) is 0. The summed E-state index contributed by atoms with van der Waals surface area (Å²) < 4.78 is 0. The van der Waals surface area contributed by atoms with E-state index in [2.05, 4.69) is 20.6 Å². The van der Waals surface area contributed by atoms with E-state index in [9.17, 15) is 4.79 Å². The van der Waals surface area contributed by atoms with Crippen molar-refractivity contribution in [3.05, 3.63) is 18.6 Å². The van der Waals surface area contributed by atoms with Crippen LogP contribution in [0.15, 0.2) is 18.6 Å². The molecule has 0 radical (unpaired) electrons. The number of amides is 2. The van der Waals surface area contributed by atoms with Gasteiger partial charge >= 0.3 is 6.03 Å². The lowest BCUT2D eigenvalue weighted by atomic mass is 10.2. The van der Waals surface area contributed by atoms with Crippen molar-refractivity contribution >= 4 is 23.6 Å². The molecule has 1 saturated heterocycles. The van der Waals surface area contributed by atoms with Crippen LogP contribution in [0.25, 0.3) is 0 Å². The van der Waals surface area contributed by atoms with Gasteiger partial charge in [-0.2, -0.15) is 11.8 Å². The highest BCUT2D eigenvalue weighted by atomic mass is 32.2. The van der Waals surface area contributed by atoms with E-state index in [0.29, 0.717) is 11.9 Å². The minimum Gasteiger partial charge on any atom is -0.335 e. The van der Waals surface area contributed by atoms with Crippen molar-refractivity contribution in [1.29, 1.82) is 0 Å². The Kier molecular flexibility index (Phi) is 3.98. The summed E-state index contributed by atoms with van der Waals surface area (Å²) in [5, 5.41) is 5.62. The average molecular weight is 238 g/mol. The van der Waals surface area contributed by atoms with Crippen molar-refractivity contribution in [2.45, 2.75) is 18.9 Å². The van der Waals surface area contributed by atoms with Crippen LogP contribution in [0.5, 0.6) is 0 Å². The van der Waals surface area contributed by atoms with Gasteiger partial charge in [0.25, 0.3) is 0 Å². The highest BCUT2D eigenvalue weighted by Crippen LogP contribution is 2.16. The molecule has 0 aromatic carbocycles. The van der Waals surface area contributed by atoms with Crippen molar-refractivity contribution < 1.29 is 4.79 Å². The van der Waals surface area contributed by atoms with E-state index in [4.69, 9.17) is 0 Å². The monoisotopic (exact) mass is 238 g/mol. The maximum absolute atomic E-state index is 11.6. The van der Waals surface area contributed by atoms with E-state index >= 15 is 0 Å². The van der Waals surface area contributed by atoms with Crippen molar-refractivity contribution in [1.82, 2.24) is 15.3 Å². The van der Waals surface area contributed by atoms with Crippen LogP contribution in [-0.4, -0.2) is 33.5 Å². The fourth-order valence-corrected chi connectivity index (χ4v) is 2.65. The zero-order chi connectivity index (χ0) is 11.2. The van der Waals surface area contributed by atoms with Crippen molar-refractivity contribution in [3.63, 3.8) is 0 Å². The third kappa shape index (κ3) is 3.37. The Labute approximate surface area is 98.4 Å². The maximum Gasteiger partial charge on any atom is 0.320 e. The summed E-state index contributed by atoms with van der Waals surface area (Å²) in [6.45, 7) is 0. The molecule has 1 aliphatic rings. The summed E-state index contributed by atoms with van der Waals surface area (Å²) in [4.78, 5) is 19.3. The molecule has 0 spiro atoms. The molecule has 1 aromatic heterocycles. The minimum atomic E-state index is -0.185. The lowest BCUT2D eigenvalue weighted by Gasteiger charge is -2.22. The Bertz CT molecular complexity index is 340. The molecule has 0 aliphatic carbocycles. The molecule has 2 N–H and O–H groups in total. The van der Waals surface area contributed by atoms with Gasteiger partial charge in [0.15, 0.2) is 0 Å². The Morgan fingerprint density at radius 3 is 2.94 bits per heavy atom. The molecule has 86 valence electrons. The van der Waals surface area contributed by atoms with Crippen molar-refractivity contribution in [3.8, 4) is 0 Å². The number of rotatable bonds is 2. The van der Waals surface area contributed by atoms with Crippen LogP contribution in [0.3, 0.4) is 0 Å². The zero-order valence-corrected chi connectivity index (χ0v) is 9.67. The molecule has 2 amide bonds. The summed E-state index contributed by atoms with van der Waals surface area (Å²) in [6, 6.07) is 1.77. The number of anilines is 1. The molecule has 0 bridgehead atoms. The second kappa shape index (κ2) is 5.69. The molecule has 1 aromatic rings. The van der Waals surface area contributed by atoms with Crippen LogP contribution in [0.1, 0.15) is 12.8 Å². The lowest BCUT2D eigenvalue weighted by molar-refractivity contribution is 0.247. The number of hydrogen-bond donors (Lipinski definition) is 2. The number of thioether (sulfide) groups is 1. The third-order valence-electron chi connectivity index (χ3n) is 2.38. The number of nitrogens with one attached hydrogen (secondary N) is 2. The largest absolute Gasteiger partial charge is 0.335 e. The number of hydrogen-bond acceptors (Lipinski definition) is 4. The smallest absolute Gasteiger partial charge is 0.320 e. The van der Waals surface area contributed by atoms with E-state index in [-0.39, 0.29) is 6.03 Å². The van der Waals surface area contributed by atoms with Gasteiger partial charge in [0, 0.05) is 12.2 Å². The molecule has 6 heteroatoms. The predicted octanol–water partition coefficient (Wildman–Crippen LogP) is 1.49. The molecule has 2 heterocycles. The van der Waals surface area contributed by atoms with E-state index in [1.807, 2.05) is 11.8 Å². The molecule has 0 atom stereocenters. The second-order valence-electron chi connectivity index (χ2n) is 3.58. The molecule has 0 unspecified atom stereocenters. The lowest BCUT2D eigenvalue weighted by Crippen LogP contribution is -2.40. The van der Waals surface area contributed by atoms with Gasteiger partial charge < -0.3 is 5.32 Å². The standard InChI is InChI=1S/C10H14N4OS/c15-10(13-8-2-5-16-6-3-8)14-9-1-4-11-7-12-9/h1,4,7-8H,2-3,5-6H2,(H2,11,12,13,14,15). The summed E-state index contributed by atoms with van der Waals surface area (Å²) in [6.07, 6.45) is 5.09. The Morgan fingerprint density at radius 1 is 1.44 bits per heavy atom. The topological polar surface area (TPSA) is 66.9 Å². The van der Waals surface area contributed by atoms with E-state index in [1.165, 1.54) is 6.33 Å². The normalized spacial score (nSPS) is 16.8.